The summed E-state index contributed by atoms with van der Waals surface area (Å²) in [7, 11) is -3.45. The van der Waals surface area contributed by atoms with Crippen molar-refractivity contribution in [2.75, 3.05) is 13.2 Å². The molecule has 20 heavy (non-hydrogen) atoms. The van der Waals surface area contributed by atoms with Crippen LogP contribution in [0, 0.1) is 0 Å². The fourth-order valence-electron chi connectivity index (χ4n) is 1.67. The monoisotopic (exact) mass is 301 g/mol. The Labute approximate surface area is 118 Å². The first-order chi connectivity index (χ1) is 9.42. The number of esters is 1. The molecule has 2 N–H and O–H groups in total. The molecule has 0 saturated carbocycles. The lowest BCUT2D eigenvalue weighted by Gasteiger charge is -2.23. The highest BCUT2D eigenvalue weighted by Crippen LogP contribution is 2.58. The predicted molar refractivity (Wildman–Crippen MR) is 75.5 cm³/mol. The molecule has 0 aliphatic carbocycles. The zero-order valence-electron chi connectivity index (χ0n) is 11.9. The average Bonchev–Trinajstić information content (AvgIpc) is 2.38. The van der Waals surface area contributed by atoms with Crippen molar-refractivity contribution in [3.63, 3.8) is 0 Å². The predicted octanol–water partition coefficient (Wildman–Crippen LogP) is 2.84. The van der Waals surface area contributed by atoms with Gasteiger partial charge < -0.3 is 19.5 Å². The summed E-state index contributed by atoms with van der Waals surface area (Å²) in [6, 6.07) is 6.51. The Morgan fingerprint density at radius 2 is 1.90 bits per heavy atom. The van der Waals surface area contributed by atoms with Crippen molar-refractivity contribution in [2.45, 2.75) is 26.6 Å². The van der Waals surface area contributed by atoms with Gasteiger partial charge in [0.2, 0.25) is 0 Å². The quantitative estimate of drug-likeness (QED) is 0.473. The van der Waals surface area contributed by atoms with Gasteiger partial charge in [0.15, 0.2) is 0 Å². The number of benzene rings is 1. The van der Waals surface area contributed by atoms with E-state index in [1.54, 1.807) is 38.1 Å². The fourth-order valence-corrected chi connectivity index (χ4v) is 3.31. The summed E-state index contributed by atoms with van der Waals surface area (Å²) in [5, 5.41) is 0. The molecule has 0 spiro atoms. The largest absolute Gasteiger partial charge is 0.427 e. The molecule has 6 nitrogen and oxygen atoms in total. The van der Waals surface area contributed by atoms with Gasteiger partial charge in [-0.25, -0.2) is 0 Å². The minimum absolute atomic E-state index is 0.231. The summed E-state index contributed by atoms with van der Waals surface area (Å²) < 4.78 is 28.0. The molecule has 0 radical (unpaired) electrons. The highest BCUT2D eigenvalue weighted by Gasteiger charge is 2.34. The van der Waals surface area contributed by atoms with E-state index in [2.05, 4.69) is 0 Å². The Hall–Kier alpha value is -1.20. The standard InChI is InChI=1S/C13H20NO5P/c1-4-17-20(16,18-5-2)13(14)11-7-6-8-12(9-11)19-10(3)15/h6-9,13H,4-5,14H2,1-3H3/t13-/m0/s1. The average molecular weight is 301 g/mol. The van der Waals surface area contributed by atoms with E-state index in [0.717, 1.165) is 0 Å². The summed E-state index contributed by atoms with van der Waals surface area (Å²) >= 11 is 0. The summed E-state index contributed by atoms with van der Waals surface area (Å²) in [5.74, 6) is -1.03. The van der Waals surface area contributed by atoms with Crippen LogP contribution in [0.15, 0.2) is 24.3 Å². The molecule has 1 rings (SSSR count). The number of rotatable bonds is 7. The maximum atomic E-state index is 12.6. The van der Waals surface area contributed by atoms with Crippen LogP contribution >= 0.6 is 7.60 Å². The second kappa shape index (κ2) is 7.55. The van der Waals surface area contributed by atoms with Gasteiger partial charge in [0.05, 0.1) is 13.2 Å². The Morgan fingerprint density at radius 3 is 2.40 bits per heavy atom. The lowest BCUT2D eigenvalue weighted by atomic mass is 10.2. The van der Waals surface area contributed by atoms with Gasteiger partial charge in [-0.2, -0.15) is 0 Å². The van der Waals surface area contributed by atoms with Crippen molar-refractivity contribution in [1.82, 2.24) is 0 Å². The molecular weight excluding hydrogens is 281 g/mol. The van der Waals surface area contributed by atoms with Gasteiger partial charge in [-0.3, -0.25) is 9.36 Å². The number of carbonyl (C=O) groups is 1. The van der Waals surface area contributed by atoms with Gasteiger partial charge in [-0.15, -0.1) is 0 Å². The van der Waals surface area contributed by atoms with Crippen LogP contribution in [0.5, 0.6) is 5.75 Å². The zero-order valence-corrected chi connectivity index (χ0v) is 12.8. The van der Waals surface area contributed by atoms with E-state index in [-0.39, 0.29) is 13.2 Å². The molecule has 112 valence electrons. The summed E-state index contributed by atoms with van der Waals surface area (Å²) in [4.78, 5) is 10.9. The van der Waals surface area contributed by atoms with E-state index in [1.165, 1.54) is 6.92 Å². The molecule has 0 aliphatic heterocycles. The summed E-state index contributed by atoms with van der Waals surface area (Å²) in [6.45, 7) is 5.20. The van der Waals surface area contributed by atoms with Crippen LogP contribution in [0.4, 0.5) is 0 Å². The molecule has 1 aromatic rings. The molecule has 0 heterocycles. The van der Waals surface area contributed by atoms with Crippen LogP contribution in [0.2, 0.25) is 0 Å². The molecular formula is C13H20NO5P. The third-order valence-electron chi connectivity index (χ3n) is 2.42. The summed E-state index contributed by atoms with van der Waals surface area (Å²) in [6.07, 6.45) is 0. The molecule has 7 heteroatoms. The van der Waals surface area contributed by atoms with Gasteiger partial charge in [-0.1, -0.05) is 12.1 Å². The van der Waals surface area contributed by atoms with Crippen LogP contribution in [0.1, 0.15) is 32.1 Å². The number of nitrogens with two attached hydrogens (primary N) is 1. The van der Waals surface area contributed by atoms with E-state index in [9.17, 15) is 9.36 Å². The van der Waals surface area contributed by atoms with E-state index >= 15 is 0 Å². The van der Waals surface area contributed by atoms with Gasteiger partial charge >= 0.3 is 13.6 Å². The summed E-state index contributed by atoms with van der Waals surface area (Å²) in [5.41, 5.74) is 6.51. The van der Waals surface area contributed by atoms with Crippen molar-refractivity contribution in [3.8, 4) is 5.75 Å². The van der Waals surface area contributed by atoms with E-state index in [0.29, 0.717) is 11.3 Å². The Morgan fingerprint density at radius 1 is 1.30 bits per heavy atom. The Kier molecular flexibility index (Phi) is 6.36. The third-order valence-corrected chi connectivity index (χ3v) is 4.64. The van der Waals surface area contributed by atoms with Crippen LogP contribution in [0.3, 0.4) is 0 Å². The van der Waals surface area contributed by atoms with Crippen molar-refractivity contribution in [3.05, 3.63) is 29.8 Å². The number of carbonyl (C=O) groups excluding carboxylic acids is 1. The molecule has 0 aliphatic rings. The van der Waals surface area contributed by atoms with Crippen molar-refractivity contribution < 1.29 is 23.1 Å². The van der Waals surface area contributed by atoms with E-state index < -0.39 is 19.3 Å². The van der Waals surface area contributed by atoms with Crippen LogP contribution in [0.25, 0.3) is 0 Å². The number of hydrogen-bond donors (Lipinski definition) is 1. The first-order valence-electron chi connectivity index (χ1n) is 6.35. The molecule has 0 amide bonds. The minimum atomic E-state index is -3.45. The molecule has 0 saturated heterocycles. The van der Waals surface area contributed by atoms with Crippen molar-refractivity contribution in [2.24, 2.45) is 5.73 Å². The van der Waals surface area contributed by atoms with Crippen molar-refractivity contribution >= 4 is 13.6 Å². The Balaban J connectivity index is 3.02. The molecule has 0 bridgehead atoms. The molecule has 1 atom stereocenters. The highest BCUT2D eigenvalue weighted by molar-refractivity contribution is 7.54. The van der Waals surface area contributed by atoms with Crippen LogP contribution < -0.4 is 10.5 Å². The fraction of sp³-hybridized carbons (Fsp3) is 0.462. The second-order valence-electron chi connectivity index (χ2n) is 3.99. The van der Waals surface area contributed by atoms with Crippen LogP contribution in [-0.4, -0.2) is 19.2 Å². The molecule has 0 aromatic heterocycles. The minimum Gasteiger partial charge on any atom is -0.427 e. The normalized spacial score (nSPS) is 13.0. The molecule has 1 aromatic carbocycles. The Bertz CT molecular complexity index is 495. The van der Waals surface area contributed by atoms with Crippen LogP contribution in [-0.2, 0) is 18.4 Å². The maximum Gasteiger partial charge on any atom is 0.351 e. The van der Waals surface area contributed by atoms with Gasteiger partial charge in [0.1, 0.15) is 11.5 Å². The van der Waals surface area contributed by atoms with Crippen molar-refractivity contribution in [1.29, 1.82) is 0 Å². The first-order valence-corrected chi connectivity index (χ1v) is 7.97. The highest BCUT2D eigenvalue weighted by atomic mass is 31.2. The maximum absolute atomic E-state index is 12.6. The molecule has 0 fully saturated rings. The number of ether oxygens (including phenoxy) is 1. The second-order valence-corrected chi connectivity index (χ2v) is 6.14. The SMILES string of the molecule is CCOP(=O)(OCC)[C@H](N)c1cccc(OC(C)=O)c1. The topological polar surface area (TPSA) is 87.8 Å². The van der Waals surface area contributed by atoms with Gasteiger partial charge in [-0.05, 0) is 31.5 Å². The smallest absolute Gasteiger partial charge is 0.351 e. The van der Waals surface area contributed by atoms with E-state index in [1.807, 2.05) is 0 Å². The first kappa shape index (κ1) is 16.9. The van der Waals surface area contributed by atoms with Gasteiger partial charge in [0.25, 0.3) is 0 Å². The van der Waals surface area contributed by atoms with E-state index in [4.69, 9.17) is 19.5 Å². The zero-order chi connectivity index (χ0) is 15.2. The number of hydrogen-bond acceptors (Lipinski definition) is 6. The van der Waals surface area contributed by atoms with Gasteiger partial charge in [0, 0.05) is 6.92 Å². The lowest BCUT2D eigenvalue weighted by Crippen LogP contribution is -2.15. The molecule has 0 unspecified atom stereocenters. The lowest BCUT2D eigenvalue weighted by molar-refractivity contribution is -0.131. The third kappa shape index (κ3) is 4.42.